The van der Waals surface area contributed by atoms with Gasteiger partial charge in [-0.2, -0.15) is 5.26 Å². The number of fused-ring (bicyclic) bond motifs is 5. The van der Waals surface area contributed by atoms with Crippen molar-refractivity contribution in [2.75, 3.05) is 46.4 Å². The van der Waals surface area contributed by atoms with E-state index in [1.54, 1.807) is 84.9 Å². The molecule has 4 aromatic rings. The lowest BCUT2D eigenvalue weighted by molar-refractivity contribution is -0.141. The lowest BCUT2D eigenvalue weighted by atomic mass is 9.93. The van der Waals surface area contributed by atoms with E-state index in [9.17, 15) is 24.0 Å². The van der Waals surface area contributed by atoms with Crippen LogP contribution in [-0.4, -0.2) is 99.0 Å². The Morgan fingerprint density at radius 3 is 2.19 bits per heavy atom. The summed E-state index contributed by atoms with van der Waals surface area (Å²) in [6.45, 7) is 2.20. The Hall–Kier alpha value is -6.51. The summed E-state index contributed by atoms with van der Waals surface area (Å²) < 4.78 is 12.2. The fourth-order valence-corrected chi connectivity index (χ4v) is 7.38. The van der Waals surface area contributed by atoms with Crippen LogP contribution in [0.2, 0.25) is 5.02 Å². The largest absolute Gasteiger partial charge is 0.492 e. The van der Waals surface area contributed by atoms with Crippen molar-refractivity contribution in [1.29, 1.82) is 5.26 Å². The molecule has 0 saturated heterocycles. The Labute approximate surface area is 371 Å². The normalized spacial score (nSPS) is 16.6. The minimum Gasteiger partial charge on any atom is -0.492 e. The maximum absolute atomic E-state index is 14.9. The van der Waals surface area contributed by atoms with Gasteiger partial charge >= 0.3 is 0 Å². The number of carbonyl (C=O) groups excluding carboxylic acids is 5. The summed E-state index contributed by atoms with van der Waals surface area (Å²) in [5, 5.41) is 20.6. The highest BCUT2D eigenvalue weighted by Gasteiger charge is 2.36. The van der Waals surface area contributed by atoms with E-state index in [2.05, 4.69) is 21.3 Å². The van der Waals surface area contributed by atoms with Crippen LogP contribution in [0.15, 0.2) is 84.9 Å². The lowest BCUT2D eigenvalue weighted by Crippen LogP contribution is -2.56. The Morgan fingerprint density at radius 2 is 1.52 bits per heavy atom. The zero-order valence-corrected chi connectivity index (χ0v) is 36.1. The molecule has 17 heteroatoms. The van der Waals surface area contributed by atoms with Gasteiger partial charge in [0.05, 0.1) is 6.07 Å². The van der Waals surface area contributed by atoms with E-state index < -0.39 is 53.7 Å². The molecule has 0 saturated carbocycles. The van der Waals surface area contributed by atoms with Gasteiger partial charge in [0, 0.05) is 48.3 Å². The number of carbonyl (C=O) groups is 5. The van der Waals surface area contributed by atoms with E-state index in [4.69, 9.17) is 43.5 Å². The van der Waals surface area contributed by atoms with Crippen molar-refractivity contribution in [1.82, 2.24) is 26.2 Å². The summed E-state index contributed by atoms with van der Waals surface area (Å²) in [5.74, 6) is -2.34. The van der Waals surface area contributed by atoms with Crippen LogP contribution >= 0.6 is 11.6 Å². The first-order chi connectivity index (χ1) is 30.4. The molecule has 0 unspecified atom stereocenters. The second-order valence-corrected chi connectivity index (χ2v) is 15.4. The third kappa shape index (κ3) is 12.3. The van der Waals surface area contributed by atoms with Crippen molar-refractivity contribution in [2.45, 2.75) is 56.8 Å². The highest BCUT2D eigenvalue weighted by molar-refractivity contribution is 6.30. The average Bonchev–Trinajstić information content (AvgIpc) is 3.28. The summed E-state index contributed by atoms with van der Waals surface area (Å²) in [7, 11) is 1.45. The molecule has 0 spiro atoms. The summed E-state index contributed by atoms with van der Waals surface area (Å²) in [5.41, 5.74) is 21.1. The number of ether oxygens (including phenoxy) is 2. The van der Waals surface area contributed by atoms with E-state index in [1.807, 2.05) is 6.07 Å². The number of hydrogen-bond acceptors (Lipinski definition) is 11. The van der Waals surface area contributed by atoms with E-state index >= 15 is 0 Å². The number of nitrogens with zero attached hydrogens (tertiary/aromatic N) is 2. The molecule has 0 aromatic heterocycles. The second-order valence-electron chi connectivity index (χ2n) is 14.9. The third-order valence-electron chi connectivity index (χ3n) is 10.4. The van der Waals surface area contributed by atoms with Crippen molar-refractivity contribution in [2.24, 2.45) is 17.2 Å². The van der Waals surface area contributed by atoms with Crippen LogP contribution in [0, 0.1) is 11.3 Å². The molecule has 1 heterocycles. The molecule has 16 nitrogen and oxygen atoms in total. The molecule has 5 amide bonds. The fraction of sp³-hybridized carbons (Fsp3) is 0.348. The molecule has 4 atom stereocenters. The first-order valence-corrected chi connectivity index (χ1v) is 21.1. The lowest BCUT2D eigenvalue weighted by Gasteiger charge is -2.33. The van der Waals surface area contributed by atoms with E-state index in [-0.39, 0.29) is 45.7 Å². The van der Waals surface area contributed by atoms with Crippen LogP contribution in [0.25, 0.3) is 22.3 Å². The molecule has 1 aliphatic rings. The number of amides is 5. The Balaban J connectivity index is 1.62. The van der Waals surface area contributed by atoms with Gasteiger partial charge in [-0.05, 0) is 97.4 Å². The highest BCUT2D eigenvalue weighted by atomic mass is 35.5. The summed E-state index contributed by atoms with van der Waals surface area (Å²) in [4.78, 5) is 72.0. The first kappa shape index (κ1) is 47.5. The van der Waals surface area contributed by atoms with Gasteiger partial charge in [0.2, 0.25) is 23.6 Å². The number of hydrogen-bond donors (Lipinski definition) is 7. The van der Waals surface area contributed by atoms with Crippen LogP contribution in [0.5, 0.6) is 11.5 Å². The predicted molar refractivity (Wildman–Crippen MR) is 239 cm³/mol. The number of nitrogens with one attached hydrogen (secondary N) is 4. The highest BCUT2D eigenvalue weighted by Crippen LogP contribution is 2.40. The molecule has 0 aliphatic carbocycles. The molecule has 0 fully saturated rings. The van der Waals surface area contributed by atoms with Gasteiger partial charge in [-0.25, -0.2) is 0 Å². The van der Waals surface area contributed by atoms with Gasteiger partial charge in [-0.1, -0.05) is 54.1 Å². The average molecular weight is 880 g/mol. The standard InChI is InChI=1S/C46H54ClN9O7/c1-28-42(57)55-38(44(59)52-22-19-49)26-29-10-16-39(62-23-20-50)35(25-29)36-27-31(13-17-40(36)63-24-21-51)41(45(60)53-28)56(2)46(61)37(9-5-6-18-48)54-43(58)34-8-4-3-7-33(34)30-11-14-32(47)15-12-30/h3-4,7-8,10-17,25,27-28,37-38,41H,5-6,9,18,20-24,26,48,50-51H2,1-2H3,(H,52,59)(H,53,60)(H,54,58)(H,55,57)/t28-,37-,38-,41-/m0/s1. The van der Waals surface area contributed by atoms with Gasteiger partial charge in [0.1, 0.15) is 55.4 Å². The minimum absolute atomic E-state index is 0.00776. The number of benzene rings is 4. The number of nitriles is 1. The molecule has 332 valence electrons. The summed E-state index contributed by atoms with van der Waals surface area (Å²) in [6.07, 6.45) is 1.26. The molecule has 0 radical (unpaired) electrons. The maximum Gasteiger partial charge on any atom is 0.252 e. The monoisotopic (exact) mass is 879 g/mol. The van der Waals surface area contributed by atoms with Gasteiger partial charge in [-0.3, -0.25) is 24.0 Å². The van der Waals surface area contributed by atoms with Crippen molar-refractivity contribution < 1.29 is 33.4 Å². The number of likely N-dealkylation sites (N-methyl/N-ethyl adjacent to an activating group) is 1. The Morgan fingerprint density at radius 1 is 0.857 bits per heavy atom. The van der Waals surface area contributed by atoms with Gasteiger partial charge in [0.25, 0.3) is 5.91 Å². The number of halogens is 1. The molecule has 63 heavy (non-hydrogen) atoms. The van der Waals surface area contributed by atoms with Crippen LogP contribution < -0.4 is 47.9 Å². The quantitative estimate of drug-likeness (QED) is 0.0600. The predicted octanol–water partition coefficient (Wildman–Crippen LogP) is 2.96. The van der Waals surface area contributed by atoms with Gasteiger partial charge in [0.15, 0.2) is 0 Å². The van der Waals surface area contributed by atoms with E-state index in [0.29, 0.717) is 69.3 Å². The van der Waals surface area contributed by atoms with Crippen molar-refractivity contribution in [3.8, 4) is 39.8 Å². The van der Waals surface area contributed by atoms with Crippen LogP contribution in [0.3, 0.4) is 0 Å². The fourth-order valence-electron chi connectivity index (χ4n) is 7.25. The SMILES string of the molecule is C[C@@H]1NC(=O)[C@@H](N(C)C(=O)[C@H](CCCCN)NC(=O)c2ccccc2-c2ccc(Cl)cc2)c2ccc(OCCN)c(c2)-c2cc(ccc2OCCN)C[C@@H](C(=O)NCC#N)NC1=O. The molecule has 4 aromatic carbocycles. The van der Waals surface area contributed by atoms with Crippen molar-refractivity contribution in [3.63, 3.8) is 0 Å². The molecule has 5 rings (SSSR count). The summed E-state index contributed by atoms with van der Waals surface area (Å²) >= 11 is 6.15. The third-order valence-corrected chi connectivity index (χ3v) is 10.7. The molecule has 10 N–H and O–H groups in total. The second kappa shape index (κ2) is 23.1. The zero-order valence-electron chi connectivity index (χ0n) is 35.3. The van der Waals surface area contributed by atoms with Crippen LogP contribution in [0.4, 0.5) is 0 Å². The topological polar surface area (TPSA) is 257 Å². The number of nitrogens with two attached hydrogens (primary N) is 3. The van der Waals surface area contributed by atoms with Crippen LogP contribution in [0.1, 0.15) is 53.7 Å². The van der Waals surface area contributed by atoms with Gasteiger partial charge < -0.3 is 52.8 Å². The molecular formula is C46H54ClN9O7. The van der Waals surface area contributed by atoms with E-state index in [1.165, 1.54) is 18.9 Å². The van der Waals surface area contributed by atoms with Crippen molar-refractivity contribution >= 4 is 41.1 Å². The summed E-state index contributed by atoms with van der Waals surface area (Å²) in [6, 6.07) is 21.3. The molecular weight excluding hydrogens is 826 g/mol. The first-order valence-electron chi connectivity index (χ1n) is 20.7. The zero-order chi connectivity index (χ0) is 45.5. The van der Waals surface area contributed by atoms with Crippen molar-refractivity contribution in [3.05, 3.63) is 107 Å². The number of rotatable bonds is 17. The molecule has 4 bridgehead atoms. The Bertz CT molecular complexity index is 2300. The smallest absolute Gasteiger partial charge is 0.252 e. The van der Waals surface area contributed by atoms with E-state index in [0.717, 1.165) is 5.56 Å². The van der Waals surface area contributed by atoms with Gasteiger partial charge in [-0.15, -0.1) is 0 Å². The minimum atomic E-state index is -1.38. The maximum atomic E-state index is 14.9. The van der Waals surface area contributed by atoms with Crippen LogP contribution in [-0.2, 0) is 25.6 Å². The Kier molecular flexibility index (Phi) is 17.4. The number of unbranched alkanes of at least 4 members (excludes halogenated alkanes) is 1. The molecule has 1 aliphatic heterocycles.